The first kappa shape index (κ1) is 11.1. The van der Waals surface area contributed by atoms with Crippen LogP contribution in [0.1, 0.15) is 71.1 Å². The van der Waals surface area contributed by atoms with E-state index in [-0.39, 0.29) is 0 Å². The molecule has 3 fully saturated rings. The van der Waals surface area contributed by atoms with Crippen LogP contribution in [0.15, 0.2) is 0 Å². The smallest absolute Gasteiger partial charge is 0.00700 e. The average Bonchev–Trinajstić information content (AvgIpc) is 3.05. The Balaban J connectivity index is 1.46. The molecule has 1 unspecified atom stereocenters. The van der Waals surface area contributed by atoms with Gasteiger partial charge in [-0.2, -0.15) is 0 Å². The first-order chi connectivity index (χ1) is 7.77. The molecule has 0 heterocycles. The van der Waals surface area contributed by atoms with E-state index in [1.807, 2.05) is 0 Å². The van der Waals surface area contributed by atoms with Gasteiger partial charge in [-0.25, -0.2) is 0 Å². The van der Waals surface area contributed by atoms with Crippen LogP contribution in [-0.4, -0.2) is 12.1 Å². The Morgan fingerprint density at radius 2 is 1.56 bits per heavy atom. The minimum Gasteiger partial charge on any atom is -0.311 e. The molecule has 0 bridgehead atoms. The van der Waals surface area contributed by atoms with E-state index in [1.54, 1.807) is 0 Å². The molecular weight excluding hydrogens is 194 g/mol. The van der Waals surface area contributed by atoms with E-state index in [0.29, 0.717) is 0 Å². The van der Waals surface area contributed by atoms with Gasteiger partial charge in [0.2, 0.25) is 0 Å². The fraction of sp³-hybridized carbons (Fsp3) is 1.00. The van der Waals surface area contributed by atoms with Crippen LogP contribution in [-0.2, 0) is 0 Å². The van der Waals surface area contributed by atoms with Crippen molar-refractivity contribution < 1.29 is 0 Å². The third-order valence-corrected chi connectivity index (χ3v) is 5.54. The van der Waals surface area contributed by atoms with E-state index in [2.05, 4.69) is 12.2 Å². The Kier molecular flexibility index (Phi) is 2.99. The molecule has 3 saturated carbocycles. The van der Waals surface area contributed by atoms with Gasteiger partial charge in [0.15, 0.2) is 0 Å². The molecule has 0 aliphatic heterocycles. The van der Waals surface area contributed by atoms with Crippen LogP contribution in [0.3, 0.4) is 0 Å². The molecule has 3 aliphatic rings. The predicted octanol–water partition coefficient (Wildman–Crippen LogP) is 3.88. The molecular formula is C15H27N. The van der Waals surface area contributed by atoms with Crippen LogP contribution in [0.25, 0.3) is 0 Å². The van der Waals surface area contributed by atoms with Crippen molar-refractivity contribution >= 4 is 0 Å². The van der Waals surface area contributed by atoms with Gasteiger partial charge in [0.05, 0.1) is 0 Å². The number of nitrogens with one attached hydrogen (secondary N) is 1. The summed E-state index contributed by atoms with van der Waals surface area (Å²) in [5.41, 5.74) is 0.807. The Hall–Kier alpha value is -0.0400. The fourth-order valence-corrected chi connectivity index (χ4v) is 4.13. The SMILES string of the molecule is CC(NC1CCC2(CCCC2)CC1)C1CC1. The summed E-state index contributed by atoms with van der Waals surface area (Å²) in [6.45, 7) is 2.40. The second-order valence-corrected chi connectivity index (χ2v) is 6.77. The molecule has 1 heteroatoms. The van der Waals surface area contributed by atoms with Gasteiger partial charge in [0.25, 0.3) is 0 Å². The third kappa shape index (κ3) is 2.30. The number of rotatable bonds is 3. The van der Waals surface area contributed by atoms with Crippen molar-refractivity contribution in [2.24, 2.45) is 11.3 Å². The molecule has 16 heavy (non-hydrogen) atoms. The van der Waals surface area contributed by atoms with E-state index >= 15 is 0 Å². The zero-order valence-electron chi connectivity index (χ0n) is 10.8. The second-order valence-electron chi connectivity index (χ2n) is 6.77. The molecule has 3 aliphatic carbocycles. The summed E-state index contributed by atoms with van der Waals surface area (Å²) in [5, 5.41) is 3.89. The fourth-order valence-electron chi connectivity index (χ4n) is 4.13. The van der Waals surface area contributed by atoms with Crippen LogP contribution in [0.4, 0.5) is 0 Å². The lowest BCUT2D eigenvalue weighted by Gasteiger charge is -2.38. The van der Waals surface area contributed by atoms with E-state index in [0.717, 1.165) is 23.4 Å². The number of hydrogen-bond acceptors (Lipinski definition) is 1. The lowest BCUT2D eigenvalue weighted by Crippen LogP contribution is -2.42. The molecule has 1 nitrogen and oxygen atoms in total. The molecule has 0 amide bonds. The van der Waals surface area contributed by atoms with Gasteiger partial charge in [0, 0.05) is 12.1 Å². The standard InChI is InChI=1S/C15H27N/c1-12(13-4-5-13)16-14-6-10-15(11-7-14)8-2-3-9-15/h12-14,16H,2-11H2,1H3. The minimum absolute atomic E-state index is 0.794. The summed E-state index contributed by atoms with van der Waals surface area (Å²) in [5.74, 6) is 1.02. The Labute approximate surface area is 100 Å². The highest BCUT2D eigenvalue weighted by atomic mass is 15.0. The van der Waals surface area contributed by atoms with E-state index in [9.17, 15) is 0 Å². The maximum Gasteiger partial charge on any atom is 0.00700 e. The Morgan fingerprint density at radius 3 is 2.12 bits per heavy atom. The van der Waals surface area contributed by atoms with Gasteiger partial charge in [-0.05, 0) is 69.6 Å². The van der Waals surface area contributed by atoms with E-state index in [4.69, 9.17) is 0 Å². The van der Waals surface area contributed by atoms with Crippen molar-refractivity contribution in [3.05, 3.63) is 0 Å². The maximum absolute atomic E-state index is 3.89. The van der Waals surface area contributed by atoms with Crippen LogP contribution in [0, 0.1) is 11.3 Å². The highest BCUT2D eigenvalue weighted by molar-refractivity contribution is 4.93. The molecule has 92 valence electrons. The molecule has 0 saturated heterocycles. The largest absolute Gasteiger partial charge is 0.311 e. The summed E-state index contributed by atoms with van der Waals surface area (Å²) >= 11 is 0. The zero-order valence-corrected chi connectivity index (χ0v) is 10.8. The zero-order chi connectivity index (χ0) is 11.0. The molecule has 1 atom stereocenters. The molecule has 0 radical (unpaired) electrons. The first-order valence-electron chi connectivity index (χ1n) is 7.54. The van der Waals surface area contributed by atoms with Crippen LogP contribution in [0.2, 0.25) is 0 Å². The van der Waals surface area contributed by atoms with Gasteiger partial charge >= 0.3 is 0 Å². The Morgan fingerprint density at radius 1 is 0.938 bits per heavy atom. The van der Waals surface area contributed by atoms with Crippen molar-refractivity contribution in [2.75, 3.05) is 0 Å². The summed E-state index contributed by atoms with van der Waals surface area (Å²) in [4.78, 5) is 0. The summed E-state index contributed by atoms with van der Waals surface area (Å²) in [7, 11) is 0. The predicted molar refractivity (Wildman–Crippen MR) is 68.5 cm³/mol. The highest BCUT2D eigenvalue weighted by Gasteiger charge is 2.38. The van der Waals surface area contributed by atoms with Crippen LogP contribution >= 0.6 is 0 Å². The van der Waals surface area contributed by atoms with Gasteiger partial charge < -0.3 is 5.32 Å². The Bertz CT molecular complexity index is 228. The summed E-state index contributed by atoms with van der Waals surface area (Å²) in [6.07, 6.45) is 15.0. The molecule has 0 aromatic heterocycles. The normalized spacial score (nSPS) is 32.1. The van der Waals surface area contributed by atoms with Crippen molar-refractivity contribution in [2.45, 2.75) is 83.2 Å². The summed E-state index contributed by atoms with van der Waals surface area (Å²) in [6, 6.07) is 1.64. The van der Waals surface area contributed by atoms with Gasteiger partial charge in [-0.1, -0.05) is 12.8 Å². The molecule has 3 rings (SSSR count). The molecule has 0 aromatic carbocycles. The molecule has 1 spiro atoms. The third-order valence-electron chi connectivity index (χ3n) is 5.54. The van der Waals surface area contributed by atoms with Gasteiger partial charge in [0.1, 0.15) is 0 Å². The maximum atomic E-state index is 3.89. The number of hydrogen-bond donors (Lipinski definition) is 1. The lowest BCUT2D eigenvalue weighted by molar-refractivity contribution is 0.162. The van der Waals surface area contributed by atoms with Crippen molar-refractivity contribution in [3.8, 4) is 0 Å². The monoisotopic (exact) mass is 221 g/mol. The van der Waals surface area contributed by atoms with Crippen LogP contribution < -0.4 is 5.32 Å². The van der Waals surface area contributed by atoms with E-state index < -0.39 is 0 Å². The molecule has 0 aromatic rings. The van der Waals surface area contributed by atoms with Gasteiger partial charge in [-0.15, -0.1) is 0 Å². The van der Waals surface area contributed by atoms with Crippen molar-refractivity contribution in [1.29, 1.82) is 0 Å². The minimum atomic E-state index is 0.794. The molecule has 1 N–H and O–H groups in total. The van der Waals surface area contributed by atoms with Crippen LogP contribution in [0.5, 0.6) is 0 Å². The van der Waals surface area contributed by atoms with Crippen molar-refractivity contribution in [3.63, 3.8) is 0 Å². The van der Waals surface area contributed by atoms with Gasteiger partial charge in [-0.3, -0.25) is 0 Å². The topological polar surface area (TPSA) is 12.0 Å². The van der Waals surface area contributed by atoms with E-state index in [1.165, 1.54) is 64.2 Å². The average molecular weight is 221 g/mol. The lowest BCUT2D eigenvalue weighted by atomic mass is 9.71. The highest BCUT2D eigenvalue weighted by Crippen LogP contribution is 2.49. The quantitative estimate of drug-likeness (QED) is 0.762. The first-order valence-corrected chi connectivity index (χ1v) is 7.54. The summed E-state index contributed by atoms with van der Waals surface area (Å²) < 4.78 is 0. The van der Waals surface area contributed by atoms with Crippen molar-refractivity contribution in [1.82, 2.24) is 5.32 Å². The second kappa shape index (κ2) is 4.33.